The fraction of sp³-hybridized carbons (Fsp3) is 0.421. The summed E-state index contributed by atoms with van der Waals surface area (Å²) in [5, 5.41) is 9.35. The molecule has 2 aliphatic heterocycles. The van der Waals surface area contributed by atoms with E-state index in [0.29, 0.717) is 36.7 Å². The van der Waals surface area contributed by atoms with Crippen LogP contribution in [0.2, 0.25) is 0 Å². The molecule has 3 heterocycles. The van der Waals surface area contributed by atoms with E-state index < -0.39 is 0 Å². The zero-order valence-corrected chi connectivity index (χ0v) is 14.6. The maximum Gasteiger partial charge on any atom is 0.255 e. The number of carbonyl (C=O) groups excluding carboxylic acids is 1. The average molecular weight is 354 g/mol. The number of phenolic OH excluding ortho intramolecular Hbond substituents is 1. The van der Waals surface area contributed by atoms with Gasteiger partial charge in [-0.25, -0.2) is 4.98 Å². The van der Waals surface area contributed by atoms with E-state index in [1.165, 1.54) is 0 Å². The van der Waals surface area contributed by atoms with Crippen LogP contribution in [0.1, 0.15) is 29.7 Å². The lowest BCUT2D eigenvalue weighted by molar-refractivity contribution is -0.131. The van der Waals surface area contributed by atoms with Gasteiger partial charge in [0.15, 0.2) is 0 Å². The van der Waals surface area contributed by atoms with Crippen molar-refractivity contribution in [2.45, 2.75) is 32.2 Å². The summed E-state index contributed by atoms with van der Waals surface area (Å²) in [6.07, 6.45) is 3.02. The number of amides is 1. The van der Waals surface area contributed by atoms with Crippen molar-refractivity contribution >= 4 is 11.9 Å². The van der Waals surface area contributed by atoms with E-state index in [9.17, 15) is 14.7 Å². The molecule has 0 radical (unpaired) electrons. The predicted octanol–water partition coefficient (Wildman–Crippen LogP) is 1.20. The number of phenols is 1. The summed E-state index contributed by atoms with van der Waals surface area (Å²) in [4.78, 5) is 36.4. The van der Waals surface area contributed by atoms with Crippen LogP contribution in [0, 0.1) is 0 Å². The number of nitrogens with zero attached hydrogens (tertiary/aromatic N) is 3. The van der Waals surface area contributed by atoms with Gasteiger partial charge in [-0.2, -0.15) is 0 Å². The molecule has 0 aliphatic carbocycles. The maximum absolute atomic E-state index is 12.6. The molecular weight excluding hydrogens is 332 g/mol. The number of rotatable bonds is 3. The summed E-state index contributed by atoms with van der Waals surface area (Å²) >= 11 is 0. The van der Waals surface area contributed by atoms with Crippen molar-refractivity contribution in [1.29, 1.82) is 0 Å². The second-order valence-corrected chi connectivity index (χ2v) is 6.92. The second-order valence-electron chi connectivity index (χ2n) is 6.92. The van der Waals surface area contributed by atoms with Gasteiger partial charge in [0, 0.05) is 25.2 Å². The summed E-state index contributed by atoms with van der Waals surface area (Å²) in [6.45, 7) is 2.71. The van der Waals surface area contributed by atoms with Crippen LogP contribution in [-0.4, -0.2) is 45.5 Å². The second kappa shape index (κ2) is 6.82. The molecule has 2 aliphatic rings. The molecule has 2 aromatic rings. The Bertz CT molecular complexity index is 869. The Morgan fingerprint density at radius 2 is 1.88 bits per heavy atom. The van der Waals surface area contributed by atoms with Gasteiger partial charge in [-0.15, -0.1) is 0 Å². The van der Waals surface area contributed by atoms with Crippen LogP contribution in [0.3, 0.4) is 0 Å². The molecule has 2 N–H and O–H groups in total. The van der Waals surface area contributed by atoms with E-state index in [4.69, 9.17) is 0 Å². The molecule has 1 aromatic carbocycles. The zero-order chi connectivity index (χ0) is 18.1. The third-order valence-electron chi connectivity index (χ3n) is 5.11. The van der Waals surface area contributed by atoms with Gasteiger partial charge < -0.3 is 14.9 Å². The van der Waals surface area contributed by atoms with Crippen molar-refractivity contribution < 1.29 is 9.90 Å². The number of H-pyrrole nitrogens is 1. The fourth-order valence-electron chi connectivity index (χ4n) is 3.62. The molecule has 0 spiro atoms. The number of hydrogen-bond donors (Lipinski definition) is 2. The first-order chi connectivity index (χ1) is 12.6. The molecular formula is C19H22N4O3. The first kappa shape index (κ1) is 16.6. The summed E-state index contributed by atoms with van der Waals surface area (Å²) in [5.41, 5.74) is 2.18. The van der Waals surface area contributed by atoms with Crippen LogP contribution in [-0.2, 0) is 24.2 Å². The molecule has 1 amide bonds. The van der Waals surface area contributed by atoms with E-state index in [0.717, 1.165) is 31.5 Å². The number of aromatic amines is 1. The normalized spacial score (nSPS) is 16.6. The number of anilines is 1. The lowest BCUT2D eigenvalue weighted by atomic mass is 10.0. The third kappa shape index (κ3) is 3.29. The lowest BCUT2D eigenvalue weighted by Crippen LogP contribution is -2.40. The highest BCUT2D eigenvalue weighted by atomic mass is 16.3. The van der Waals surface area contributed by atoms with Gasteiger partial charge in [-0.3, -0.25) is 14.6 Å². The molecule has 1 saturated heterocycles. The Labute approximate surface area is 151 Å². The minimum Gasteiger partial charge on any atom is -0.508 e. The van der Waals surface area contributed by atoms with Crippen LogP contribution in [0.5, 0.6) is 5.75 Å². The Morgan fingerprint density at radius 1 is 1.15 bits per heavy atom. The topological polar surface area (TPSA) is 89.5 Å². The molecule has 4 rings (SSSR count). The van der Waals surface area contributed by atoms with E-state index >= 15 is 0 Å². The molecule has 7 nitrogen and oxygen atoms in total. The van der Waals surface area contributed by atoms with E-state index in [-0.39, 0.29) is 23.6 Å². The number of hydrogen-bond acceptors (Lipinski definition) is 5. The molecule has 136 valence electrons. The summed E-state index contributed by atoms with van der Waals surface area (Å²) in [5.74, 6) is 0.816. The van der Waals surface area contributed by atoms with Crippen molar-refractivity contribution in [2.24, 2.45) is 0 Å². The van der Waals surface area contributed by atoms with Crippen molar-refractivity contribution in [3.05, 3.63) is 51.4 Å². The summed E-state index contributed by atoms with van der Waals surface area (Å²) in [6, 6.07) is 6.66. The smallest absolute Gasteiger partial charge is 0.255 e. The highest BCUT2D eigenvalue weighted by Crippen LogP contribution is 2.20. The Hall–Kier alpha value is -2.83. The summed E-state index contributed by atoms with van der Waals surface area (Å²) in [7, 11) is 0. The van der Waals surface area contributed by atoms with Gasteiger partial charge in [0.2, 0.25) is 11.9 Å². The number of aromatic hydroxyl groups is 1. The highest BCUT2D eigenvalue weighted by Gasteiger charge is 2.26. The quantitative estimate of drug-likeness (QED) is 0.865. The number of benzene rings is 1. The van der Waals surface area contributed by atoms with Crippen LogP contribution in [0.25, 0.3) is 0 Å². The molecule has 0 atom stereocenters. The van der Waals surface area contributed by atoms with Crippen LogP contribution in [0.15, 0.2) is 29.1 Å². The minimum atomic E-state index is -0.0810. The summed E-state index contributed by atoms with van der Waals surface area (Å²) < 4.78 is 0. The first-order valence-corrected chi connectivity index (χ1v) is 9.03. The monoisotopic (exact) mass is 354 g/mol. The number of carbonyl (C=O) groups is 1. The SMILES string of the molecule is O=C(Cc1ccc(O)cc1)N1CCc2c(nc(N3CCCC3)[nH]c2=O)C1. The standard InChI is InChI=1S/C19H22N4O3/c24-14-5-3-13(4-6-14)11-17(25)23-10-7-15-16(12-23)20-19(21-18(15)26)22-8-1-2-9-22/h3-6,24H,1-2,7-12H2,(H,20,21,26). The third-order valence-corrected chi connectivity index (χ3v) is 5.11. The van der Waals surface area contributed by atoms with E-state index in [1.54, 1.807) is 29.2 Å². The van der Waals surface area contributed by atoms with Gasteiger partial charge in [-0.05, 0) is 37.0 Å². The Balaban J connectivity index is 1.51. The number of fused-ring (bicyclic) bond motifs is 1. The average Bonchev–Trinajstić information content (AvgIpc) is 3.18. The van der Waals surface area contributed by atoms with Crippen molar-refractivity contribution in [3.8, 4) is 5.75 Å². The first-order valence-electron chi connectivity index (χ1n) is 9.03. The Morgan fingerprint density at radius 3 is 2.62 bits per heavy atom. The number of nitrogens with one attached hydrogen (secondary N) is 1. The lowest BCUT2D eigenvalue weighted by Gasteiger charge is -2.28. The van der Waals surface area contributed by atoms with Gasteiger partial charge in [-0.1, -0.05) is 12.1 Å². The molecule has 0 saturated carbocycles. The molecule has 0 bridgehead atoms. The van der Waals surface area contributed by atoms with Gasteiger partial charge >= 0.3 is 0 Å². The van der Waals surface area contributed by atoms with Crippen molar-refractivity contribution in [3.63, 3.8) is 0 Å². The van der Waals surface area contributed by atoms with Crippen LogP contribution >= 0.6 is 0 Å². The van der Waals surface area contributed by atoms with E-state index in [2.05, 4.69) is 14.9 Å². The van der Waals surface area contributed by atoms with Gasteiger partial charge in [0.1, 0.15) is 5.75 Å². The van der Waals surface area contributed by atoms with Crippen molar-refractivity contribution in [2.75, 3.05) is 24.5 Å². The zero-order valence-electron chi connectivity index (χ0n) is 14.6. The van der Waals surface area contributed by atoms with E-state index in [1.807, 2.05) is 0 Å². The fourth-order valence-corrected chi connectivity index (χ4v) is 3.62. The minimum absolute atomic E-state index is 0.00569. The molecule has 1 aromatic heterocycles. The predicted molar refractivity (Wildman–Crippen MR) is 97.2 cm³/mol. The van der Waals surface area contributed by atoms with Crippen molar-refractivity contribution in [1.82, 2.24) is 14.9 Å². The Kier molecular flexibility index (Phi) is 4.36. The molecule has 1 fully saturated rings. The number of aromatic nitrogens is 2. The maximum atomic E-state index is 12.6. The highest BCUT2D eigenvalue weighted by molar-refractivity contribution is 5.79. The van der Waals surface area contributed by atoms with Crippen LogP contribution < -0.4 is 10.5 Å². The van der Waals surface area contributed by atoms with Gasteiger partial charge in [0.05, 0.1) is 18.7 Å². The molecule has 26 heavy (non-hydrogen) atoms. The van der Waals surface area contributed by atoms with Gasteiger partial charge in [0.25, 0.3) is 5.56 Å². The largest absolute Gasteiger partial charge is 0.508 e. The van der Waals surface area contributed by atoms with Crippen LogP contribution in [0.4, 0.5) is 5.95 Å². The molecule has 0 unspecified atom stereocenters. The molecule has 7 heteroatoms.